The summed E-state index contributed by atoms with van der Waals surface area (Å²) in [4.78, 5) is 0. The summed E-state index contributed by atoms with van der Waals surface area (Å²) in [6.07, 6.45) is 1.15. The third kappa shape index (κ3) is 1.59. The van der Waals surface area contributed by atoms with E-state index in [2.05, 4.69) is 5.10 Å². The molecule has 0 saturated heterocycles. The van der Waals surface area contributed by atoms with Crippen molar-refractivity contribution in [1.82, 2.24) is 9.78 Å². The number of aryl methyl sites for hydroxylation is 2. The summed E-state index contributed by atoms with van der Waals surface area (Å²) in [5.41, 5.74) is 0.838. The zero-order valence-electron chi connectivity index (χ0n) is 6.70. The Morgan fingerprint density at radius 1 is 1.55 bits per heavy atom. The van der Waals surface area contributed by atoms with Gasteiger partial charge in [0.15, 0.2) is 14.9 Å². The van der Waals surface area contributed by atoms with Crippen LogP contribution in [0.2, 0.25) is 0 Å². The fourth-order valence-electron chi connectivity index (χ4n) is 0.709. The van der Waals surface area contributed by atoms with E-state index in [1.165, 1.54) is 4.68 Å². The Hall–Kier alpha value is -0.840. The minimum Gasteiger partial charge on any atom is -0.272 e. The molecule has 0 aromatic carbocycles. The Bertz CT molecular complexity index is 344. The monoisotopic (exact) mass is 174 g/mol. The van der Waals surface area contributed by atoms with E-state index in [-0.39, 0.29) is 5.03 Å². The lowest BCUT2D eigenvalue weighted by molar-refractivity contribution is 0.593. The quantitative estimate of drug-likeness (QED) is 0.608. The standard InChI is InChI=1S/C6H10N2O2S/c1-5-4-6(7-8(5)2)11(3,9)10/h4H,1-3H3. The molecule has 0 bridgehead atoms. The van der Waals surface area contributed by atoms with E-state index in [1.54, 1.807) is 13.1 Å². The molecular formula is C6H10N2O2S. The topological polar surface area (TPSA) is 52.0 Å². The van der Waals surface area contributed by atoms with Gasteiger partial charge in [0, 0.05) is 19.0 Å². The van der Waals surface area contributed by atoms with Crippen molar-refractivity contribution in [3.63, 3.8) is 0 Å². The summed E-state index contributed by atoms with van der Waals surface area (Å²) < 4.78 is 23.4. The van der Waals surface area contributed by atoms with Gasteiger partial charge < -0.3 is 0 Å². The minimum absolute atomic E-state index is 0.137. The van der Waals surface area contributed by atoms with Gasteiger partial charge in [-0.25, -0.2) is 8.42 Å². The smallest absolute Gasteiger partial charge is 0.194 e. The molecule has 0 spiro atoms. The summed E-state index contributed by atoms with van der Waals surface area (Å²) in [6, 6.07) is 1.55. The molecular weight excluding hydrogens is 164 g/mol. The normalized spacial score (nSPS) is 11.9. The fourth-order valence-corrected chi connectivity index (χ4v) is 1.36. The first-order valence-corrected chi connectivity index (χ1v) is 5.01. The van der Waals surface area contributed by atoms with Gasteiger partial charge in [0.2, 0.25) is 0 Å². The molecule has 1 heterocycles. The first-order valence-electron chi connectivity index (χ1n) is 3.12. The van der Waals surface area contributed by atoms with E-state index in [0.717, 1.165) is 11.9 Å². The van der Waals surface area contributed by atoms with Gasteiger partial charge in [-0.3, -0.25) is 4.68 Å². The third-order valence-electron chi connectivity index (χ3n) is 1.47. The molecule has 1 aromatic heterocycles. The van der Waals surface area contributed by atoms with Crippen LogP contribution < -0.4 is 0 Å². The highest BCUT2D eigenvalue weighted by Crippen LogP contribution is 2.07. The number of hydrogen-bond acceptors (Lipinski definition) is 3. The van der Waals surface area contributed by atoms with Crippen LogP contribution in [-0.4, -0.2) is 24.5 Å². The molecule has 4 nitrogen and oxygen atoms in total. The number of nitrogens with zero attached hydrogens (tertiary/aromatic N) is 2. The second-order valence-electron chi connectivity index (χ2n) is 2.52. The van der Waals surface area contributed by atoms with E-state index in [1.807, 2.05) is 6.92 Å². The average molecular weight is 174 g/mol. The summed E-state index contributed by atoms with van der Waals surface area (Å²) in [7, 11) is -1.42. The van der Waals surface area contributed by atoms with Crippen LogP contribution in [0.4, 0.5) is 0 Å². The van der Waals surface area contributed by atoms with Crippen molar-refractivity contribution in [2.75, 3.05) is 6.26 Å². The Labute approximate surface area is 65.8 Å². The van der Waals surface area contributed by atoms with Crippen LogP contribution in [0.5, 0.6) is 0 Å². The molecule has 0 aliphatic heterocycles. The SMILES string of the molecule is Cc1cc(S(C)(=O)=O)nn1C. The molecule has 0 fully saturated rings. The zero-order valence-corrected chi connectivity index (χ0v) is 7.51. The number of rotatable bonds is 1. The highest BCUT2D eigenvalue weighted by Gasteiger charge is 2.11. The van der Waals surface area contributed by atoms with Crippen LogP contribution in [-0.2, 0) is 16.9 Å². The third-order valence-corrected chi connectivity index (χ3v) is 2.43. The van der Waals surface area contributed by atoms with Crippen LogP contribution in [0.25, 0.3) is 0 Å². The van der Waals surface area contributed by atoms with Crippen LogP contribution in [0.3, 0.4) is 0 Å². The highest BCUT2D eigenvalue weighted by molar-refractivity contribution is 7.90. The lowest BCUT2D eigenvalue weighted by atomic mass is 10.5. The van der Waals surface area contributed by atoms with Crippen molar-refractivity contribution in [3.05, 3.63) is 11.8 Å². The summed E-state index contributed by atoms with van der Waals surface area (Å²) in [5, 5.41) is 3.95. The number of aromatic nitrogens is 2. The molecule has 0 saturated carbocycles. The summed E-state index contributed by atoms with van der Waals surface area (Å²) in [6.45, 7) is 1.81. The van der Waals surface area contributed by atoms with Crippen molar-refractivity contribution in [2.45, 2.75) is 11.9 Å². The Kier molecular flexibility index (Phi) is 1.75. The fraction of sp³-hybridized carbons (Fsp3) is 0.500. The second-order valence-corrected chi connectivity index (χ2v) is 4.48. The van der Waals surface area contributed by atoms with Gasteiger partial charge in [-0.05, 0) is 13.0 Å². The summed E-state index contributed by atoms with van der Waals surface area (Å²) in [5.74, 6) is 0. The molecule has 11 heavy (non-hydrogen) atoms. The molecule has 0 unspecified atom stereocenters. The minimum atomic E-state index is -3.14. The second kappa shape index (κ2) is 2.34. The van der Waals surface area contributed by atoms with Crippen LogP contribution in [0, 0.1) is 6.92 Å². The van der Waals surface area contributed by atoms with Gasteiger partial charge in [0.25, 0.3) is 0 Å². The Morgan fingerprint density at radius 2 is 2.09 bits per heavy atom. The molecule has 0 aliphatic carbocycles. The van der Waals surface area contributed by atoms with Crippen LogP contribution in [0.1, 0.15) is 5.69 Å². The molecule has 0 aliphatic rings. The first kappa shape index (κ1) is 8.26. The predicted octanol–water partition coefficient (Wildman–Crippen LogP) is 0.132. The molecule has 0 radical (unpaired) electrons. The maximum absolute atomic E-state index is 10.9. The van der Waals surface area contributed by atoms with E-state index in [4.69, 9.17) is 0 Å². The van der Waals surface area contributed by atoms with E-state index >= 15 is 0 Å². The van der Waals surface area contributed by atoms with Gasteiger partial charge >= 0.3 is 0 Å². The maximum Gasteiger partial charge on any atom is 0.194 e. The van der Waals surface area contributed by atoms with Gasteiger partial charge in [-0.15, -0.1) is 0 Å². The van der Waals surface area contributed by atoms with Crippen molar-refractivity contribution in [2.24, 2.45) is 7.05 Å². The largest absolute Gasteiger partial charge is 0.272 e. The highest BCUT2D eigenvalue weighted by atomic mass is 32.2. The molecule has 0 N–H and O–H groups in total. The molecule has 5 heteroatoms. The van der Waals surface area contributed by atoms with Crippen molar-refractivity contribution in [3.8, 4) is 0 Å². The van der Waals surface area contributed by atoms with Gasteiger partial charge in [-0.1, -0.05) is 0 Å². The van der Waals surface area contributed by atoms with E-state index < -0.39 is 9.84 Å². The van der Waals surface area contributed by atoms with Crippen LogP contribution >= 0.6 is 0 Å². The zero-order chi connectivity index (χ0) is 8.65. The maximum atomic E-state index is 10.9. The van der Waals surface area contributed by atoms with Crippen LogP contribution in [0.15, 0.2) is 11.1 Å². The lowest BCUT2D eigenvalue weighted by Gasteiger charge is -1.89. The molecule has 0 amide bonds. The molecule has 1 rings (SSSR count). The lowest BCUT2D eigenvalue weighted by Crippen LogP contribution is -1.99. The van der Waals surface area contributed by atoms with Crippen molar-refractivity contribution >= 4 is 9.84 Å². The van der Waals surface area contributed by atoms with Crippen molar-refractivity contribution < 1.29 is 8.42 Å². The Balaban J connectivity index is 3.29. The molecule has 0 atom stereocenters. The van der Waals surface area contributed by atoms with Gasteiger partial charge in [-0.2, -0.15) is 5.10 Å². The van der Waals surface area contributed by atoms with E-state index in [0.29, 0.717) is 0 Å². The Morgan fingerprint density at radius 3 is 2.27 bits per heavy atom. The molecule has 62 valence electrons. The average Bonchev–Trinajstić information content (AvgIpc) is 2.11. The number of sulfone groups is 1. The van der Waals surface area contributed by atoms with Gasteiger partial charge in [0.1, 0.15) is 0 Å². The number of hydrogen-bond donors (Lipinski definition) is 0. The predicted molar refractivity (Wildman–Crippen MR) is 41.1 cm³/mol. The summed E-state index contributed by atoms with van der Waals surface area (Å²) >= 11 is 0. The molecule has 1 aromatic rings. The van der Waals surface area contributed by atoms with E-state index in [9.17, 15) is 8.42 Å². The first-order chi connectivity index (χ1) is 4.91. The van der Waals surface area contributed by atoms with Gasteiger partial charge in [0.05, 0.1) is 0 Å². The van der Waals surface area contributed by atoms with Crippen molar-refractivity contribution in [1.29, 1.82) is 0 Å².